The van der Waals surface area contributed by atoms with Crippen molar-refractivity contribution in [2.75, 3.05) is 17.2 Å². The van der Waals surface area contributed by atoms with Crippen LogP contribution in [0.3, 0.4) is 0 Å². The highest BCUT2D eigenvalue weighted by Crippen LogP contribution is 2.25. The maximum Gasteiger partial charge on any atom is 0.237 e. The van der Waals surface area contributed by atoms with Crippen LogP contribution in [-0.4, -0.2) is 28.4 Å². The van der Waals surface area contributed by atoms with Gasteiger partial charge in [0, 0.05) is 23.0 Å². The number of nitriles is 1. The molecule has 0 aliphatic heterocycles. The molecule has 1 aromatic heterocycles. The third kappa shape index (κ3) is 4.14. The molecule has 2 aromatic carbocycles. The number of carbonyl (C=O) groups is 1. The number of thioether (sulfide) groups is 1. The number of benzene rings is 2. The Kier molecular flexibility index (Phi) is 5.60. The minimum absolute atomic E-state index is 0.0545. The van der Waals surface area contributed by atoms with Crippen LogP contribution < -0.4 is 4.90 Å². The summed E-state index contributed by atoms with van der Waals surface area (Å²) in [6.45, 7) is 0.376. The van der Waals surface area contributed by atoms with Gasteiger partial charge in [-0.05, 0) is 12.1 Å². The van der Waals surface area contributed by atoms with Gasteiger partial charge >= 0.3 is 0 Å². The number of nitrogens with zero attached hydrogens (tertiary/aromatic N) is 4. The normalized spacial score (nSPS) is 10.4. The molecule has 0 N–H and O–H groups in total. The lowest BCUT2D eigenvalue weighted by atomic mass is 10.2. The van der Waals surface area contributed by atoms with Crippen LogP contribution in [0.5, 0.6) is 0 Å². The number of carbonyl (C=O) groups excluding carboxylic acids is 1. The molecular weight excluding hydrogens is 332 g/mol. The van der Waals surface area contributed by atoms with Gasteiger partial charge in [-0.25, -0.2) is 0 Å². The number of rotatable bonds is 6. The van der Waals surface area contributed by atoms with E-state index in [9.17, 15) is 4.79 Å². The Morgan fingerprint density at radius 1 is 1.12 bits per heavy atom. The molecule has 0 bridgehead atoms. The van der Waals surface area contributed by atoms with Gasteiger partial charge in [0.05, 0.1) is 24.4 Å². The Hall–Kier alpha value is -2.91. The summed E-state index contributed by atoms with van der Waals surface area (Å²) in [6, 6.07) is 19.3. The molecule has 1 amide bonds. The Balaban J connectivity index is 1.76. The first kappa shape index (κ1) is 16.9. The number of hydrogen-bond donors (Lipinski definition) is 0. The standard InChI is InChI=1S/C19H16N4OS/c20-11-6-12-23(16-8-2-1-3-9-16)18(24)14-25-19-17-10-5-4-7-15(17)13-21-22-19/h1-5,7-10,13H,6,12,14H2. The summed E-state index contributed by atoms with van der Waals surface area (Å²) in [5.41, 5.74) is 0.798. The molecule has 0 aliphatic carbocycles. The van der Waals surface area contributed by atoms with Gasteiger partial charge in [-0.15, -0.1) is 5.10 Å². The lowest BCUT2D eigenvalue weighted by Crippen LogP contribution is -2.33. The van der Waals surface area contributed by atoms with Gasteiger partial charge in [-0.1, -0.05) is 54.2 Å². The van der Waals surface area contributed by atoms with Crippen LogP contribution in [-0.2, 0) is 4.79 Å². The first-order chi connectivity index (χ1) is 12.3. The molecule has 0 fully saturated rings. The largest absolute Gasteiger partial charge is 0.311 e. The third-order valence-corrected chi connectivity index (χ3v) is 4.65. The smallest absolute Gasteiger partial charge is 0.237 e. The van der Waals surface area contributed by atoms with Gasteiger partial charge in [0.15, 0.2) is 0 Å². The van der Waals surface area contributed by atoms with E-state index in [0.29, 0.717) is 13.0 Å². The molecule has 0 unspecified atom stereocenters. The van der Waals surface area contributed by atoms with Crippen molar-refractivity contribution in [3.05, 3.63) is 60.8 Å². The summed E-state index contributed by atoms with van der Waals surface area (Å²) in [4.78, 5) is 14.4. The number of anilines is 1. The molecule has 5 nitrogen and oxygen atoms in total. The Labute approximate surface area is 150 Å². The van der Waals surface area contributed by atoms with Crippen LogP contribution in [0.4, 0.5) is 5.69 Å². The zero-order valence-electron chi connectivity index (χ0n) is 13.5. The fraction of sp³-hybridized carbons (Fsp3) is 0.158. The zero-order valence-corrected chi connectivity index (χ0v) is 14.3. The highest BCUT2D eigenvalue weighted by molar-refractivity contribution is 8.00. The van der Waals surface area contributed by atoms with Crippen LogP contribution in [0, 0.1) is 11.3 Å². The average molecular weight is 348 g/mol. The van der Waals surface area contributed by atoms with E-state index >= 15 is 0 Å². The predicted molar refractivity (Wildman–Crippen MR) is 99.3 cm³/mol. The van der Waals surface area contributed by atoms with E-state index in [0.717, 1.165) is 21.5 Å². The molecule has 0 spiro atoms. The number of aromatic nitrogens is 2. The van der Waals surface area contributed by atoms with E-state index in [1.807, 2.05) is 54.6 Å². The topological polar surface area (TPSA) is 69.9 Å². The molecule has 0 radical (unpaired) electrons. The summed E-state index contributed by atoms with van der Waals surface area (Å²) in [5.74, 6) is 0.185. The second-order valence-corrected chi connectivity index (χ2v) is 6.28. The summed E-state index contributed by atoms with van der Waals surface area (Å²) in [5, 5.41) is 19.7. The molecular formula is C19H16N4OS. The summed E-state index contributed by atoms with van der Waals surface area (Å²) >= 11 is 1.37. The Morgan fingerprint density at radius 2 is 1.88 bits per heavy atom. The molecule has 124 valence electrons. The summed E-state index contributed by atoms with van der Waals surface area (Å²) < 4.78 is 0. The van der Waals surface area contributed by atoms with E-state index in [-0.39, 0.29) is 11.7 Å². The number of hydrogen-bond acceptors (Lipinski definition) is 5. The first-order valence-electron chi connectivity index (χ1n) is 7.85. The van der Waals surface area contributed by atoms with E-state index in [2.05, 4.69) is 16.3 Å². The van der Waals surface area contributed by atoms with Gasteiger partial charge < -0.3 is 4.90 Å². The number of para-hydroxylation sites is 1. The number of amides is 1. The van der Waals surface area contributed by atoms with Crippen LogP contribution in [0.25, 0.3) is 10.8 Å². The molecule has 0 atom stereocenters. The van der Waals surface area contributed by atoms with E-state index in [4.69, 9.17) is 5.26 Å². The molecule has 25 heavy (non-hydrogen) atoms. The van der Waals surface area contributed by atoms with Crippen molar-refractivity contribution in [2.24, 2.45) is 0 Å². The monoisotopic (exact) mass is 348 g/mol. The van der Waals surface area contributed by atoms with E-state index in [1.54, 1.807) is 11.1 Å². The Bertz CT molecular complexity index is 903. The SMILES string of the molecule is N#CCCN(C(=O)CSc1nncc2ccccc12)c1ccccc1. The molecule has 3 aromatic rings. The van der Waals surface area contributed by atoms with Crippen LogP contribution in [0.15, 0.2) is 65.8 Å². The van der Waals surface area contributed by atoms with Crippen molar-refractivity contribution in [3.8, 4) is 6.07 Å². The van der Waals surface area contributed by atoms with Crippen molar-refractivity contribution in [1.29, 1.82) is 5.26 Å². The first-order valence-corrected chi connectivity index (χ1v) is 8.84. The van der Waals surface area contributed by atoms with Gasteiger partial charge in [0.2, 0.25) is 5.91 Å². The minimum atomic E-state index is -0.0545. The summed E-state index contributed by atoms with van der Waals surface area (Å²) in [6.07, 6.45) is 2.00. The highest BCUT2D eigenvalue weighted by Gasteiger charge is 2.16. The minimum Gasteiger partial charge on any atom is -0.311 e. The molecule has 6 heteroatoms. The Morgan fingerprint density at radius 3 is 2.68 bits per heavy atom. The van der Waals surface area contributed by atoms with Crippen molar-refractivity contribution in [1.82, 2.24) is 10.2 Å². The van der Waals surface area contributed by atoms with Crippen molar-refractivity contribution in [2.45, 2.75) is 11.4 Å². The lowest BCUT2D eigenvalue weighted by molar-refractivity contribution is -0.116. The molecule has 0 aliphatic rings. The van der Waals surface area contributed by atoms with E-state index < -0.39 is 0 Å². The lowest BCUT2D eigenvalue weighted by Gasteiger charge is -2.21. The van der Waals surface area contributed by atoms with E-state index in [1.165, 1.54) is 11.8 Å². The second-order valence-electron chi connectivity index (χ2n) is 5.31. The maximum absolute atomic E-state index is 12.7. The van der Waals surface area contributed by atoms with Gasteiger partial charge in [-0.2, -0.15) is 10.4 Å². The number of fused-ring (bicyclic) bond motifs is 1. The molecule has 3 rings (SSSR count). The van der Waals surface area contributed by atoms with Crippen LogP contribution in [0.1, 0.15) is 6.42 Å². The van der Waals surface area contributed by atoms with Gasteiger partial charge in [0.25, 0.3) is 0 Å². The summed E-state index contributed by atoms with van der Waals surface area (Å²) in [7, 11) is 0. The fourth-order valence-electron chi connectivity index (χ4n) is 2.48. The quantitative estimate of drug-likeness (QED) is 0.636. The average Bonchev–Trinajstić information content (AvgIpc) is 2.67. The van der Waals surface area contributed by atoms with Gasteiger partial charge in [0.1, 0.15) is 5.03 Å². The third-order valence-electron chi connectivity index (χ3n) is 3.69. The van der Waals surface area contributed by atoms with Crippen LogP contribution >= 0.6 is 11.8 Å². The molecule has 0 saturated heterocycles. The van der Waals surface area contributed by atoms with Crippen molar-refractivity contribution in [3.63, 3.8) is 0 Å². The maximum atomic E-state index is 12.7. The van der Waals surface area contributed by atoms with Crippen molar-refractivity contribution >= 4 is 34.1 Å². The zero-order chi connectivity index (χ0) is 17.5. The van der Waals surface area contributed by atoms with Crippen molar-refractivity contribution < 1.29 is 4.79 Å². The van der Waals surface area contributed by atoms with Crippen LogP contribution in [0.2, 0.25) is 0 Å². The highest BCUT2D eigenvalue weighted by atomic mass is 32.2. The molecule has 0 saturated carbocycles. The fourth-order valence-corrected chi connectivity index (χ4v) is 3.35. The second kappa shape index (κ2) is 8.27. The van der Waals surface area contributed by atoms with Gasteiger partial charge in [-0.3, -0.25) is 4.79 Å². The predicted octanol–water partition coefficient (Wildman–Crippen LogP) is 3.67. The molecule has 1 heterocycles.